The first-order valence-electron chi connectivity index (χ1n) is 6.34. The fourth-order valence-corrected chi connectivity index (χ4v) is 2.99. The smallest absolute Gasteiger partial charge is 0.253 e. The third-order valence-corrected chi connectivity index (χ3v) is 4.17. The molecule has 0 aliphatic carbocycles. The molecule has 2 aromatic carbocycles. The van der Waals surface area contributed by atoms with Gasteiger partial charge in [0.2, 0.25) is 0 Å². The molecule has 2 rings (SSSR count). The van der Waals surface area contributed by atoms with Gasteiger partial charge in [-0.2, -0.15) is 0 Å². The van der Waals surface area contributed by atoms with Crippen molar-refractivity contribution >= 4 is 37.8 Å². The Morgan fingerprint density at radius 1 is 1.19 bits per heavy atom. The number of carbonyl (C=O) groups excluding carboxylic acids is 1. The number of carbonyl (C=O) groups is 1. The minimum atomic E-state index is -0.0293. The van der Waals surface area contributed by atoms with Gasteiger partial charge in [-0.15, -0.1) is 0 Å². The molecule has 0 unspecified atom stereocenters. The molecule has 0 saturated carbocycles. The van der Waals surface area contributed by atoms with Crippen LogP contribution in [0.25, 0.3) is 0 Å². The molecule has 0 atom stereocenters. The minimum absolute atomic E-state index is 0.0293. The molecule has 21 heavy (non-hydrogen) atoms. The Balaban J connectivity index is 2.14. The van der Waals surface area contributed by atoms with Gasteiger partial charge in [0.15, 0.2) is 0 Å². The minimum Gasteiger partial charge on any atom is -0.496 e. The maximum atomic E-state index is 12.4. The molecular formula is C16H15Br2NO2. The molecule has 1 amide bonds. The first-order chi connectivity index (χ1) is 10.0. The Morgan fingerprint density at radius 3 is 2.57 bits per heavy atom. The maximum absolute atomic E-state index is 12.4. The normalized spacial score (nSPS) is 10.3. The van der Waals surface area contributed by atoms with Crippen LogP contribution in [0.5, 0.6) is 5.75 Å². The van der Waals surface area contributed by atoms with E-state index in [9.17, 15) is 4.79 Å². The summed E-state index contributed by atoms with van der Waals surface area (Å²) in [6.07, 6.45) is 0. The summed E-state index contributed by atoms with van der Waals surface area (Å²) in [5, 5.41) is 0. The Bertz CT molecular complexity index is 658. The Hall–Kier alpha value is -1.33. The van der Waals surface area contributed by atoms with Gasteiger partial charge in [0.05, 0.1) is 11.6 Å². The average molecular weight is 413 g/mol. The third-order valence-electron chi connectivity index (χ3n) is 3.05. The lowest BCUT2D eigenvalue weighted by Gasteiger charge is -2.18. The molecule has 0 bridgehead atoms. The molecule has 110 valence electrons. The molecule has 0 N–H and O–H groups in total. The molecule has 3 nitrogen and oxygen atoms in total. The lowest BCUT2D eigenvalue weighted by atomic mass is 10.1. The van der Waals surface area contributed by atoms with E-state index < -0.39 is 0 Å². The van der Waals surface area contributed by atoms with Crippen LogP contribution >= 0.6 is 31.9 Å². The second kappa shape index (κ2) is 7.09. The van der Waals surface area contributed by atoms with Crippen LogP contribution in [0.3, 0.4) is 0 Å². The van der Waals surface area contributed by atoms with Gasteiger partial charge >= 0.3 is 0 Å². The van der Waals surface area contributed by atoms with Crippen molar-refractivity contribution in [1.82, 2.24) is 4.90 Å². The van der Waals surface area contributed by atoms with Gasteiger partial charge in [0.25, 0.3) is 5.91 Å². The lowest BCUT2D eigenvalue weighted by molar-refractivity contribution is 0.0785. The zero-order valence-electron chi connectivity index (χ0n) is 11.8. The van der Waals surface area contributed by atoms with E-state index in [0.717, 1.165) is 14.5 Å². The van der Waals surface area contributed by atoms with Crippen molar-refractivity contribution in [3.05, 3.63) is 62.5 Å². The summed E-state index contributed by atoms with van der Waals surface area (Å²) in [6, 6.07) is 13.3. The molecule has 2 aromatic rings. The maximum Gasteiger partial charge on any atom is 0.253 e. The predicted molar refractivity (Wildman–Crippen MR) is 90.6 cm³/mol. The Labute approximate surface area is 141 Å². The van der Waals surface area contributed by atoms with Crippen LogP contribution in [0, 0.1) is 0 Å². The summed E-state index contributed by atoms with van der Waals surface area (Å²) in [4.78, 5) is 14.1. The monoisotopic (exact) mass is 411 g/mol. The van der Waals surface area contributed by atoms with Crippen molar-refractivity contribution < 1.29 is 9.53 Å². The number of methoxy groups -OCH3 is 1. The van der Waals surface area contributed by atoms with Crippen LogP contribution in [0.2, 0.25) is 0 Å². The van der Waals surface area contributed by atoms with Gasteiger partial charge in [-0.25, -0.2) is 0 Å². The molecule has 0 aliphatic rings. The molecule has 0 heterocycles. The zero-order chi connectivity index (χ0) is 15.4. The Morgan fingerprint density at radius 2 is 1.95 bits per heavy atom. The molecule has 0 aromatic heterocycles. The highest BCUT2D eigenvalue weighted by Gasteiger charge is 2.14. The summed E-state index contributed by atoms with van der Waals surface area (Å²) >= 11 is 6.84. The second-order valence-corrected chi connectivity index (χ2v) is 6.41. The van der Waals surface area contributed by atoms with Crippen molar-refractivity contribution in [3.8, 4) is 5.75 Å². The number of benzene rings is 2. The molecule has 0 spiro atoms. The second-order valence-electron chi connectivity index (χ2n) is 4.64. The summed E-state index contributed by atoms with van der Waals surface area (Å²) < 4.78 is 6.95. The van der Waals surface area contributed by atoms with Crippen LogP contribution in [0.15, 0.2) is 51.4 Å². The molecule has 5 heteroatoms. The van der Waals surface area contributed by atoms with E-state index in [0.29, 0.717) is 17.9 Å². The van der Waals surface area contributed by atoms with Gasteiger partial charge in [-0.05, 0) is 51.8 Å². The molecule has 0 radical (unpaired) electrons. The van der Waals surface area contributed by atoms with Gasteiger partial charge < -0.3 is 9.64 Å². The van der Waals surface area contributed by atoms with Crippen molar-refractivity contribution in [2.24, 2.45) is 0 Å². The highest BCUT2D eigenvalue weighted by atomic mass is 79.9. The number of rotatable bonds is 4. The molecular weight excluding hydrogens is 398 g/mol. The first-order valence-corrected chi connectivity index (χ1v) is 7.93. The van der Waals surface area contributed by atoms with Crippen LogP contribution in [0.1, 0.15) is 15.9 Å². The number of hydrogen-bond donors (Lipinski definition) is 0. The third kappa shape index (κ3) is 4.08. The summed E-state index contributed by atoms with van der Waals surface area (Å²) in [7, 11) is 3.39. The van der Waals surface area contributed by atoms with E-state index >= 15 is 0 Å². The summed E-state index contributed by atoms with van der Waals surface area (Å²) in [5.74, 6) is 0.680. The average Bonchev–Trinajstić information content (AvgIpc) is 2.46. The summed E-state index contributed by atoms with van der Waals surface area (Å²) in [6.45, 7) is 0.557. The number of amides is 1. The summed E-state index contributed by atoms with van der Waals surface area (Å²) in [5.41, 5.74) is 1.70. The van der Waals surface area contributed by atoms with Crippen LogP contribution in [-0.4, -0.2) is 25.0 Å². The van der Waals surface area contributed by atoms with Gasteiger partial charge in [0, 0.05) is 23.6 Å². The van der Waals surface area contributed by atoms with E-state index in [1.807, 2.05) is 24.3 Å². The van der Waals surface area contributed by atoms with Crippen molar-refractivity contribution in [1.29, 1.82) is 0 Å². The standard InChI is InChI=1S/C16H15Br2NO2/c1-19(10-11-4-3-5-13(17)8-11)16(20)12-6-7-15(21-2)14(18)9-12/h3-9H,10H2,1-2H3. The van der Waals surface area contributed by atoms with E-state index in [1.54, 1.807) is 37.3 Å². The van der Waals surface area contributed by atoms with Crippen LogP contribution < -0.4 is 4.74 Å². The van der Waals surface area contributed by atoms with Gasteiger partial charge in [-0.1, -0.05) is 28.1 Å². The van der Waals surface area contributed by atoms with E-state index in [2.05, 4.69) is 31.9 Å². The SMILES string of the molecule is COc1ccc(C(=O)N(C)Cc2cccc(Br)c2)cc1Br. The van der Waals surface area contributed by atoms with E-state index in [1.165, 1.54) is 0 Å². The number of ether oxygens (including phenoxy) is 1. The largest absolute Gasteiger partial charge is 0.496 e. The van der Waals surface area contributed by atoms with Crippen molar-refractivity contribution in [2.75, 3.05) is 14.2 Å². The van der Waals surface area contributed by atoms with Gasteiger partial charge in [0.1, 0.15) is 5.75 Å². The molecule has 0 saturated heterocycles. The van der Waals surface area contributed by atoms with Crippen LogP contribution in [0.4, 0.5) is 0 Å². The predicted octanol–water partition coefficient (Wildman–Crippen LogP) is 4.49. The first kappa shape index (κ1) is 16.0. The fourth-order valence-electron chi connectivity index (χ4n) is 2.00. The van der Waals surface area contributed by atoms with Crippen molar-refractivity contribution in [3.63, 3.8) is 0 Å². The molecule has 0 aliphatic heterocycles. The Kier molecular flexibility index (Phi) is 5.42. The van der Waals surface area contributed by atoms with Crippen molar-refractivity contribution in [2.45, 2.75) is 6.54 Å². The van der Waals surface area contributed by atoms with E-state index in [-0.39, 0.29) is 5.91 Å². The highest BCUT2D eigenvalue weighted by Crippen LogP contribution is 2.26. The van der Waals surface area contributed by atoms with Gasteiger partial charge in [-0.3, -0.25) is 4.79 Å². The molecule has 0 fully saturated rings. The highest BCUT2D eigenvalue weighted by molar-refractivity contribution is 9.10. The topological polar surface area (TPSA) is 29.5 Å². The number of halogens is 2. The zero-order valence-corrected chi connectivity index (χ0v) is 14.9. The lowest BCUT2D eigenvalue weighted by Crippen LogP contribution is -2.26. The quantitative estimate of drug-likeness (QED) is 0.740. The fraction of sp³-hybridized carbons (Fsp3) is 0.188. The van der Waals surface area contributed by atoms with E-state index in [4.69, 9.17) is 4.74 Å². The number of nitrogens with zero attached hydrogens (tertiary/aromatic N) is 1. The van der Waals surface area contributed by atoms with Crippen LogP contribution in [-0.2, 0) is 6.54 Å². The number of hydrogen-bond acceptors (Lipinski definition) is 2.